The number of amides is 1. The van der Waals surface area contributed by atoms with Crippen molar-refractivity contribution in [2.24, 2.45) is 5.84 Å². The van der Waals surface area contributed by atoms with Crippen LogP contribution in [0.1, 0.15) is 53.6 Å². The smallest absolute Gasteiger partial charge is 0.275 e. The predicted molar refractivity (Wildman–Crippen MR) is 78.9 cm³/mol. The summed E-state index contributed by atoms with van der Waals surface area (Å²) in [6, 6.07) is 4.62. The Hall–Kier alpha value is -0.910. The lowest BCUT2D eigenvalue weighted by atomic mass is 9.94. The van der Waals surface area contributed by atoms with Gasteiger partial charge in [0.2, 0.25) is 0 Å². The number of carbonyl (C=O) groups is 1. The van der Waals surface area contributed by atoms with Crippen molar-refractivity contribution in [2.75, 3.05) is 6.54 Å². The third-order valence-electron chi connectivity index (χ3n) is 3.87. The molecule has 1 saturated carbocycles. The summed E-state index contributed by atoms with van der Waals surface area (Å²) in [6.45, 7) is 4.24. The summed E-state index contributed by atoms with van der Waals surface area (Å²) >= 11 is 1.54. The SMILES string of the molecule is CCN(Cc1ccc(C(=O)NN)s1)C1CCCCC1. The molecule has 1 fully saturated rings. The summed E-state index contributed by atoms with van der Waals surface area (Å²) in [5.41, 5.74) is 2.18. The van der Waals surface area contributed by atoms with Crippen LogP contribution in [0.4, 0.5) is 0 Å². The third kappa shape index (κ3) is 3.78. The molecule has 1 aliphatic rings. The molecule has 1 aliphatic carbocycles. The van der Waals surface area contributed by atoms with E-state index in [1.807, 2.05) is 12.1 Å². The van der Waals surface area contributed by atoms with Gasteiger partial charge in [0, 0.05) is 17.5 Å². The van der Waals surface area contributed by atoms with Crippen molar-refractivity contribution >= 4 is 17.2 Å². The maximum atomic E-state index is 11.4. The Morgan fingerprint density at radius 2 is 2.16 bits per heavy atom. The number of rotatable bonds is 5. The molecule has 19 heavy (non-hydrogen) atoms. The van der Waals surface area contributed by atoms with E-state index in [-0.39, 0.29) is 5.91 Å². The summed E-state index contributed by atoms with van der Waals surface area (Å²) < 4.78 is 0. The predicted octanol–water partition coefficient (Wildman–Crippen LogP) is 2.51. The number of hydrogen-bond acceptors (Lipinski definition) is 4. The second kappa shape index (κ2) is 7.03. The highest BCUT2D eigenvalue weighted by Gasteiger charge is 2.20. The van der Waals surface area contributed by atoms with Crippen molar-refractivity contribution < 1.29 is 4.79 Å². The van der Waals surface area contributed by atoms with Gasteiger partial charge in [-0.1, -0.05) is 26.2 Å². The average molecular weight is 281 g/mol. The quantitative estimate of drug-likeness (QED) is 0.495. The van der Waals surface area contributed by atoms with E-state index < -0.39 is 0 Å². The van der Waals surface area contributed by atoms with Crippen LogP contribution in [-0.4, -0.2) is 23.4 Å². The summed E-state index contributed by atoms with van der Waals surface area (Å²) in [5.74, 6) is 4.96. The Bertz CT molecular complexity index is 413. The lowest BCUT2D eigenvalue weighted by molar-refractivity contribution is 0.0957. The molecule has 0 spiro atoms. The van der Waals surface area contributed by atoms with Crippen molar-refractivity contribution in [3.8, 4) is 0 Å². The number of nitrogens with one attached hydrogen (secondary N) is 1. The average Bonchev–Trinajstić information content (AvgIpc) is 2.93. The van der Waals surface area contributed by atoms with Gasteiger partial charge in [0.1, 0.15) is 0 Å². The van der Waals surface area contributed by atoms with E-state index in [9.17, 15) is 4.79 Å². The highest BCUT2D eigenvalue weighted by molar-refractivity contribution is 7.14. The largest absolute Gasteiger partial charge is 0.296 e. The van der Waals surface area contributed by atoms with Gasteiger partial charge in [0.05, 0.1) is 4.88 Å². The first kappa shape index (κ1) is 14.5. The van der Waals surface area contributed by atoms with Crippen molar-refractivity contribution in [3.63, 3.8) is 0 Å². The Morgan fingerprint density at radius 1 is 1.42 bits per heavy atom. The number of nitrogen functional groups attached to an aromatic ring is 1. The van der Waals surface area contributed by atoms with Gasteiger partial charge in [0.25, 0.3) is 5.91 Å². The van der Waals surface area contributed by atoms with Crippen LogP contribution in [0, 0.1) is 0 Å². The standard InChI is InChI=1S/C14H23N3OS/c1-2-17(11-6-4-3-5-7-11)10-12-8-9-13(19-12)14(18)16-15/h8-9,11H,2-7,10,15H2,1H3,(H,16,18). The molecule has 1 aromatic rings. The fourth-order valence-electron chi connectivity index (χ4n) is 2.80. The van der Waals surface area contributed by atoms with Crippen LogP contribution in [-0.2, 0) is 6.54 Å². The highest BCUT2D eigenvalue weighted by Crippen LogP contribution is 2.25. The van der Waals surface area contributed by atoms with Crippen LogP contribution in [0.2, 0.25) is 0 Å². The van der Waals surface area contributed by atoms with E-state index in [2.05, 4.69) is 17.2 Å². The van der Waals surface area contributed by atoms with E-state index in [1.165, 1.54) is 48.3 Å². The first-order valence-electron chi connectivity index (χ1n) is 7.08. The summed E-state index contributed by atoms with van der Waals surface area (Å²) in [4.78, 5) is 15.9. The van der Waals surface area contributed by atoms with Gasteiger partial charge in [-0.05, 0) is 31.5 Å². The van der Waals surface area contributed by atoms with Gasteiger partial charge in [-0.25, -0.2) is 5.84 Å². The monoisotopic (exact) mass is 281 g/mol. The fraction of sp³-hybridized carbons (Fsp3) is 0.643. The number of hydrazine groups is 1. The number of nitrogens with zero attached hydrogens (tertiary/aromatic N) is 1. The number of carbonyl (C=O) groups excluding carboxylic acids is 1. The van der Waals surface area contributed by atoms with Crippen LogP contribution < -0.4 is 11.3 Å². The second-order valence-corrected chi connectivity index (χ2v) is 6.26. The molecule has 2 rings (SSSR count). The second-order valence-electron chi connectivity index (χ2n) is 5.09. The maximum Gasteiger partial charge on any atom is 0.275 e. The molecular formula is C14H23N3OS. The molecule has 106 valence electrons. The van der Waals surface area contributed by atoms with Gasteiger partial charge in [-0.3, -0.25) is 15.1 Å². The molecule has 0 saturated heterocycles. The lowest BCUT2D eigenvalue weighted by Gasteiger charge is -2.33. The van der Waals surface area contributed by atoms with Crippen molar-refractivity contribution in [1.82, 2.24) is 10.3 Å². The van der Waals surface area contributed by atoms with Gasteiger partial charge >= 0.3 is 0 Å². The number of nitrogens with two attached hydrogens (primary N) is 1. The van der Waals surface area contributed by atoms with E-state index in [1.54, 1.807) is 0 Å². The zero-order chi connectivity index (χ0) is 13.7. The van der Waals surface area contributed by atoms with Gasteiger partial charge in [-0.2, -0.15) is 0 Å². The van der Waals surface area contributed by atoms with Crippen LogP contribution in [0.3, 0.4) is 0 Å². The molecule has 0 radical (unpaired) electrons. The Balaban J connectivity index is 1.97. The normalized spacial score (nSPS) is 16.8. The van der Waals surface area contributed by atoms with E-state index >= 15 is 0 Å². The summed E-state index contributed by atoms with van der Waals surface area (Å²) in [7, 11) is 0. The first-order valence-corrected chi connectivity index (χ1v) is 7.90. The Morgan fingerprint density at radius 3 is 2.79 bits per heavy atom. The lowest BCUT2D eigenvalue weighted by Crippen LogP contribution is -2.35. The topological polar surface area (TPSA) is 58.4 Å². The molecule has 0 atom stereocenters. The number of thiophene rings is 1. The number of hydrogen-bond donors (Lipinski definition) is 2. The molecule has 3 N–H and O–H groups in total. The van der Waals surface area contributed by atoms with Crippen molar-refractivity contribution in [3.05, 3.63) is 21.9 Å². The molecule has 1 heterocycles. The maximum absolute atomic E-state index is 11.4. The molecule has 0 aliphatic heterocycles. The minimum absolute atomic E-state index is 0.197. The summed E-state index contributed by atoms with van der Waals surface area (Å²) in [5, 5.41) is 0. The zero-order valence-electron chi connectivity index (χ0n) is 11.5. The van der Waals surface area contributed by atoms with Crippen molar-refractivity contribution in [2.45, 2.75) is 51.6 Å². The van der Waals surface area contributed by atoms with Gasteiger partial charge < -0.3 is 0 Å². The highest BCUT2D eigenvalue weighted by atomic mass is 32.1. The summed E-state index contributed by atoms with van der Waals surface area (Å²) in [6.07, 6.45) is 6.72. The molecule has 0 bridgehead atoms. The molecule has 4 nitrogen and oxygen atoms in total. The first-order chi connectivity index (χ1) is 9.24. The molecule has 0 unspecified atom stereocenters. The zero-order valence-corrected chi connectivity index (χ0v) is 12.3. The molecule has 1 aromatic heterocycles. The molecule has 1 amide bonds. The van der Waals surface area contributed by atoms with Crippen LogP contribution in [0.25, 0.3) is 0 Å². The van der Waals surface area contributed by atoms with Gasteiger partial charge in [0.15, 0.2) is 0 Å². The minimum Gasteiger partial charge on any atom is -0.296 e. The molecule has 5 heteroatoms. The van der Waals surface area contributed by atoms with Crippen LogP contribution in [0.5, 0.6) is 0 Å². The van der Waals surface area contributed by atoms with Crippen LogP contribution in [0.15, 0.2) is 12.1 Å². The van der Waals surface area contributed by atoms with E-state index in [0.29, 0.717) is 10.9 Å². The van der Waals surface area contributed by atoms with E-state index in [0.717, 1.165) is 13.1 Å². The molecule has 0 aromatic carbocycles. The van der Waals surface area contributed by atoms with Crippen LogP contribution >= 0.6 is 11.3 Å². The third-order valence-corrected chi connectivity index (χ3v) is 4.94. The molecular weight excluding hydrogens is 258 g/mol. The minimum atomic E-state index is -0.197. The Kier molecular flexibility index (Phi) is 5.36. The van der Waals surface area contributed by atoms with Gasteiger partial charge in [-0.15, -0.1) is 11.3 Å². The Labute approximate surface area is 118 Å². The van der Waals surface area contributed by atoms with E-state index in [4.69, 9.17) is 5.84 Å². The fourth-order valence-corrected chi connectivity index (χ4v) is 3.74. The van der Waals surface area contributed by atoms with Crippen molar-refractivity contribution in [1.29, 1.82) is 0 Å².